The summed E-state index contributed by atoms with van der Waals surface area (Å²) in [4.78, 5) is 23.7. The number of carbonyl (C=O) groups is 2. The summed E-state index contributed by atoms with van der Waals surface area (Å²) in [6, 6.07) is 14.3. The molecule has 120 valence electrons. The van der Waals surface area contributed by atoms with Gasteiger partial charge in [-0.15, -0.1) is 0 Å². The molecular weight excluding hydrogens is 294 g/mol. The first-order valence-electron chi connectivity index (χ1n) is 7.13. The molecule has 0 aliphatic carbocycles. The van der Waals surface area contributed by atoms with Gasteiger partial charge in [-0.3, -0.25) is 9.59 Å². The van der Waals surface area contributed by atoms with Crippen LogP contribution in [0, 0.1) is 0 Å². The van der Waals surface area contributed by atoms with Crippen molar-refractivity contribution in [2.75, 3.05) is 12.4 Å². The number of nitrogens with one attached hydrogen (secondary N) is 2. The molecule has 0 atom stereocenters. The summed E-state index contributed by atoms with van der Waals surface area (Å²) < 4.78 is 5.06. The lowest BCUT2D eigenvalue weighted by Crippen LogP contribution is -2.34. The molecule has 2 aromatic carbocycles. The first-order valence-corrected chi connectivity index (χ1v) is 7.13. The number of benzene rings is 2. The predicted octanol–water partition coefficient (Wildman–Crippen LogP) is 1.41. The van der Waals surface area contributed by atoms with Gasteiger partial charge in [0.25, 0.3) is 0 Å². The van der Waals surface area contributed by atoms with E-state index in [1.54, 1.807) is 24.3 Å². The van der Waals surface area contributed by atoms with Gasteiger partial charge in [-0.1, -0.05) is 30.3 Å². The van der Waals surface area contributed by atoms with Crippen LogP contribution in [0.25, 0.3) is 0 Å². The SMILES string of the molecule is COc1cccc(NC(=O)C(=O)NCc2cccc(CN)c2)c1. The number of carbonyl (C=O) groups excluding carboxylic acids is 2. The van der Waals surface area contributed by atoms with Crippen molar-refractivity contribution in [2.45, 2.75) is 13.1 Å². The van der Waals surface area contributed by atoms with E-state index in [9.17, 15) is 9.59 Å². The van der Waals surface area contributed by atoms with Gasteiger partial charge in [0.2, 0.25) is 0 Å². The quantitative estimate of drug-likeness (QED) is 0.728. The second kappa shape index (κ2) is 7.95. The van der Waals surface area contributed by atoms with Crippen LogP contribution in [0.1, 0.15) is 11.1 Å². The van der Waals surface area contributed by atoms with Crippen LogP contribution in [-0.4, -0.2) is 18.9 Å². The number of nitrogens with two attached hydrogens (primary N) is 1. The van der Waals surface area contributed by atoms with Crippen LogP contribution in [0.4, 0.5) is 5.69 Å². The first-order chi connectivity index (χ1) is 11.1. The summed E-state index contributed by atoms with van der Waals surface area (Å²) in [5, 5.41) is 5.10. The molecule has 23 heavy (non-hydrogen) atoms. The van der Waals surface area contributed by atoms with E-state index in [1.165, 1.54) is 7.11 Å². The highest BCUT2D eigenvalue weighted by Crippen LogP contribution is 2.16. The van der Waals surface area contributed by atoms with E-state index in [1.807, 2.05) is 24.3 Å². The maximum absolute atomic E-state index is 11.9. The highest BCUT2D eigenvalue weighted by molar-refractivity contribution is 6.39. The van der Waals surface area contributed by atoms with Crippen LogP contribution in [0.3, 0.4) is 0 Å². The number of anilines is 1. The lowest BCUT2D eigenvalue weighted by atomic mass is 10.1. The predicted molar refractivity (Wildman–Crippen MR) is 87.8 cm³/mol. The summed E-state index contributed by atoms with van der Waals surface area (Å²) in [5.41, 5.74) is 7.92. The molecule has 2 amide bonds. The van der Waals surface area contributed by atoms with E-state index in [0.717, 1.165) is 11.1 Å². The Labute approximate surface area is 134 Å². The Kier molecular flexibility index (Phi) is 5.71. The Hall–Kier alpha value is -2.86. The molecule has 2 aromatic rings. The van der Waals surface area contributed by atoms with E-state index in [0.29, 0.717) is 18.0 Å². The Morgan fingerprint density at radius 1 is 1.04 bits per heavy atom. The van der Waals surface area contributed by atoms with Gasteiger partial charge >= 0.3 is 11.8 Å². The van der Waals surface area contributed by atoms with Crippen molar-refractivity contribution in [1.82, 2.24) is 5.32 Å². The van der Waals surface area contributed by atoms with Gasteiger partial charge in [0.05, 0.1) is 7.11 Å². The van der Waals surface area contributed by atoms with E-state index in [4.69, 9.17) is 10.5 Å². The molecule has 4 N–H and O–H groups in total. The topological polar surface area (TPSA) is 93.4 Å². The zero-order valence-electron chi connectivity index (χ0n) is 12.8. The lowest BCUT2D eigenvalue weighted by Gasteiger charge is -2.08. The molecule has 0 saturated carbocycles. The zero-order valence-corrected chi connectivity index (χ0v) is 12.8. The molecule has 6 nitrogen and oxygen atoms in total. The Morgan fingerprint density at radius 3 is 2.52 bits per heavy atom. The smallest absolute Gasteiger partial charge is 0.313 e. The summed E-state index contributed by atoms with van der Waals surface area (Å²) in [7, 11) is 1.53. The van der Waals surface area contributed by atoms with E-state index < -0.39 is 11.8 Å². The molecule has 0 unspecified atom stereocenters. The minimum atomic E-state index is -0.728. The lowest BCUT2D eigenvalue weighted by molar-refractivity contribution is -0.136. The van der Waals surface area contributed by atoms with Gasteiger partial charge in [0.15, 0.2) is 0 Å². The van der Waals surface area contributed by atoms with Gasteiger partial charge < -0.3 is 21.1 Å². The number of amides is 2. The van der Waals surface area contributed by atoms with Crippen LogP contribution in [-0.2, 0) is 22.7 Å². The number of rotatable bonds is 5. The fourth-order valence-electron chi connectivity index (χ4n) is 2.02. The van der Waals surface area contributed by atoms with Crippen LogP contribution in [0.2, 0.25) is 0 Å². The van der Waals surface area contributed by atoms with Crippen molar-refractivity contribution in [3.63, 3.8) is 0 Å². The van der Waals surface area contributed by atoms with Crippen molar-refractivity contribution in [3.05, 3.63) is 59.7 Å². The molecule has 0 saturated heterocycles. The molecule has 0 radical (unpaired) electrons. The van der Waals surface area contributed by atoms with Gasteiger partial charge in [-0.2, -0.15) is 0 Å². The third kappa shape index (κ3) is 4.82. The third-order valence-corrected chi connectivity index (χ3v) is 3.21. The molecule has 0 heterocycles. The standard InChI is InChI=1S/C17H19N3O3/c1-23-15-7-3-6-14(9-15)20-17(22)16(21)19-11-13-5-2-4-12(8-13)10-18/h2-9H,10-11,18H2,1H3,(H,19,21)(H,20,22). The summed E-state index contributed by atoms with van der Waals surface area (Å²) in [6.45, 7) is 0.691. The van der Waals surface area contributed by atoms with Crippen molar-refractivity contribution in [2.24, 2.45) is 5.73 Å². The zero-order chi connectivity index (χ0) is 16.7. The molecule has 0 bridgehead atoms. The van der Waals surface area contributed by atoms with Crippen LogP contribution >= 0.6 is 0 Å². The molecule has 0 aliphatic rings. The van der Waals surface area contributed by atoms with E-state index in [2.05, 4.69) is 10.6 Å². The fraction of sp³-hybridized carbons (Fsp3) is 0.176. The van der Waals surface area contributed by atoms with Crippen molar-refractivity contribution >= 4 is 17.5 Å². The van der Waals surface area contributed by atoms with Crippen molar-refractivity contribution in [1.29, 1.82) is 0 Å². The maximum atomic E-state index is 11.9. The average molecular weight is 313 g/mol. The van der Waals surface area contributed by atoms with Crippen LogP contribution < -0.4 is 21.1 Å². The molecule has 6 heteroatoms. The molecule has 0 fully saturated rings. The van der Waals surface area contributed by atoms with Crippen LogP contribution in [0.5, 0.6) is 5.75 Å². The Bertz CT molecular complexity index is 701. The normalized spacial score (nSPS) is 10.0. The number of methoxy groups -OCH3 is 1. The maximum Gasteiger partial charge on any atom is 0.313 e. The monoisotopic (exact) mass is 313 g/mol. The van der Waals surface area contributed by atoms with Crippen molar-refractivity contribution < 1.29 is 14.3 Å². The largest absolute Gasteiger partial charge is 0.497 e. The third-order valence-electron chi connectivity index (χ3n) is 3.21. The minimum absolute atomic E-state index is 0.262. The Morgan fingerprint density at radius 2 is 1.78 bits per heavy atom. The number of hydrogen-bond acceptors (Lipinski definition) is 4. The van der Waals surface area contributed by atoms with Crippen LogP contribution in [0.15, 0.2) is 48.5 Å². The molecule has 0 aliphatic heterocycles. The second-order valence-corrected chi connectivity index (χ2v) is 4.89. The number of ether oxygens (including phenoxy) is 1. The van der Waals surface area contributed by atoms with Crippen molar-refractivity contribution in [3.8, 4) is 5.75 Å². The van der Waals surface area contributed by atoms with Gasteiger partial charge in [-0.05, 0) is 23.3 Å². The second-order valence-electron chi connectivity index (χ2n) is 4.89. The van der Waals surface area contributed by atoms with Gasteiger partial charge in [0, 0.05) is 24.8 Å². The molecule has 0 aromatic heterocycles. The minimum Gasteiger partial charge on any atom is -0.497 e. The summed E-state index contributed by atoms with van der Waals surface area (Å²) in [6.07, 6.45) is 0. The fourth-order valence-corrected chi connectivity index (χ4v) is 2.02. The Balaban J connectivity index is 1.90. The van der Waals surface area contributed by atoms with E-state index in [-0.39, 0.29) is 6.54 Å². The summed E-state index contributed by atoms with van der Waals surface area (Å²) >= 11 is 0. The van der Waals surface area contributed by atoms with E-state index >= 15 is 0 Å². The van der Waals surface area contributed by atoms with Gasteiger partial charge in [0.1, 0.15) is 5.75 Å². The molecule has 2 rings (SSSR count). The summed E-state index contributed by atoms with van der Waals surface area (Å²) in [5.74, 6) is -0.832. The highest BCUT2D eigenvalue weighted by atomic mass is 16.5. The highest BCUT2D eigenvalue weighted by Gasteiger charge is 2.13. The molecule has 0 spiro atoms. The molecular formula is C17H19N3O3. The number of hydrogen-bond donors (Lipinski definition) is 3. The van der Waals surface area contributed by atoms with Gasteiger partial charge in [-0.25, -0.2) is 0 Å². The average Bonchev–Trinajstić information content (AvgIpc) is 2.59. The first kappa shape index (κ1) is 16.5.